The molecular weight excluding hydrogens is 248 g/mol. The number of hydrogen-bond acceptors (Lipinski definition) is 3. The van der Waals surface area contributed by atoms with E-state index in [1.54, 1.807) is 0 Å². The Hall–Kier alpha value is -2.00. The second-order valence-corrected chi connectivity index (χ2v) is 5.35. The number of nitrogens with zero attached hydrogens (tertiary/aromatic N) is 1. The van der Waals surface area contributed by atoms with Crippen LogP contribution in [0.2, 0.25) is 0 Å². The highest BCUT2D eigenvalue weighted by Crippen LogP contribution is 2.28. The minimum atomic E-state index is 0.227. The number of ether oxygens (including phenoxy) is 1. The van der Waals surface area contributed by atoms with Crippen molar-refractivity contribution < 1.29 is 4.74 Å². The summed E-state index contributed by atoms with van der Waals surface area (Å²) < 4.78 is 5.67. The van der Waals surface area contributed by atoms with Crippen molar-refractivity contribution >= 4 is 11.4 Å². The lowest BCUT2D eigenvalue weighted by Crippen LogP contribution is -2.23. The van der Waals surface area contributed by atoms with Gasteiger partial charge in [0.05, 0.1) is 19.3 Å². The summed E-state index contributed by atoms with van der Waals surface area (Å²) in [7, 11) is 4.10. The van der Waals surface area contributed by atoms with Gasteiger partial charge < -0.3 is 15.0 Å². The Kier molecular flexibility index (Phi) is 3.61. The molecule has 1 aliphatic rings. The Morgan fingerprint density at radius 3 is 2.55 bits per heavy atom. The predicted octanol–water partition coefficient (Wildman–Crippen LogP) is 3.44. The average Bonchev–Trinajstić information content (AvgIpc) is 2.48. The molecule has 104 valence electrons. The number of rotatable bonds is 3. The van der Waals surface area contributed by atoms with Crippen molar-refractivity contribution in [1.29, 1.82) is 0 Å². The van der Waals surface area contributed by atoms with Gasteiger partial charge in [0.15, 0.2) is 0 Å². The second kappa shape index (κ2) is 5.55. The zero-order valence-corrected chi connectivity index (χ0v) is 12.0. The van der Waals surface area contributed by atoms with Crippen LogP contribution in [0.4, 0.5) is 11.4 Å². The summed E-state index contributed by atoms with van der Waals surface area (Å²) in [5, 5.41) is 3.56. The Bertz CT molecular complexity index is 578. The minimum Gasteiger partial charge on any atom is -0.378 e. The molecule has 1 aliphatic heterocycles. The van der Waals surface area contributed by atoms with E-state index >= 15 is 0 Å². The van der Waals surface area contributed by atoms with E-state index in [0.29, 0.717) is 13.2 Å². The number of anilines is 2. The smallest absolute Gasteiger partial charge is 0.0751 e. The van der Waals surface area contributed by atoms with Crippen molar-refractivity contribution in [1.82, 2.24) is 0 Å². The van der Waals surface area contributed by atoms with Crippen LogP contribution in [-0.4, -0.2) is 20.7 Å². The SMILES string of the molecule is CN(C)c1ccc(NC2COCc3ccccc32)cc1. The molecule has 3 heteroatoms. The summed E-state index contributed by atoms with van der Waals surface area (Å²) in [6, 6.07) is 17.2. The third-order valence-electron chi connectivity index (χ3n) is 3.70. The predicted molar refractivity (Wildman–Crippen MR) is 83.2 cm³/mol. The molecule has 1 heterocycles. The van der Waals surface area contributed by atoms with Crippen LogP contribution in [0, 0.1) is 0 Å². The van der Waals surface area contributed by atoms with E-state index in [4.69, 9.17) is 4.74 Å². The van der Waals surface area contributed by atoms with Crippen LogP contribution in [-0.2, 0) is 11.3 Å². The van der Waals surface area contributed by atoms with Crippen LogP contribution < -0.4 is 10.2 Å². The molecular formula is C17H20N2O. The topological polar surface area (TPSA) is 24.5 Å². The van der Waals surface area contributed by atoms with Gasteiger partial charge in [-0.05, 0) is 35.4 Å². The van der Waals surface area contributed by atoms with Crippen molar-refractivity contribution in [2.75, 3.05) is 30.9 Å². The van der Waals surface area contributed by atoms with Crippen LogP contribution in [0.1, 0.15) is 17.2 Å². The molecule has 0 saturated heterocycles. The molecule has 0 fully saturated rings. The average molecular weight is 268 g/mol. The first-order chi connectivity index (χ1) is 9.74. The first-order valence-electron chi connectivity index (χ1n) is 6.93. The minimum absolute atomic E-state index is 0.227. The molecule has 2 aromatic rings. The molecule has 1 unspecified atom stereocenters. The van der Waals surface area contributed by atoms with Gasteiger partial charge >= 0.3 is 0 Å². The standard InChI is InChI=1S/C17H20N2O/c1-19(2)15-9-7-14(8-10-15)18-17-12-20-11-13-5-3-4-6-16(13)17/h3-10,17-18H,11-12H2,1-2H3. The highest BCUT2D eigenvalue weighted by atomic mass is 16.5. The van der Waals surface area contributed by atoms with Gasteiger partial charge in [-0.3, -0.25) is 0 Å². The lowest BCUT2D eigenvalue weighted by Gasteiger charge is -2.27. The second-order valence-electron chi connectivity index (χ2n) is 5.35. The Balaban J connectivity index is 1.78. The van der Waals surface area contributed by atoms with Crippen LogP contribution in [0.15, 0.2) is 48.5 Å². The summed E-state index contributed by atoms with van der Waals surface area (Å²) in [6.07, 6.45) is 0. The maximum Gasteiger partial charge on any atom is 0.0751 e. The largest absolute Gasteiger partial charge is 0.378 e. The molecule has 20 heavy (non-hydrogen) atoms. The lowest BCUT2D eigenvalue weighted by atomic mass is 9.99. The summed E-state index contributed by atoms with van der Waals surface area (Å²) in [6.45, 7) is 1.43. The summed E-state index contributed by atoms with van der Waals surface area (Å²) in [5.74, 6) is 0. The first-order valence-corrected chi connectivity index (χ1v) is 6.93. The van der Waals surface area contributed by atoms with E-state index < -0.39 is 0 Å². The molecule has 0 amide bonds. The molecule has 0 radical (unpaired) electrons. The fourth-order valence-electron chi connectivity index (χ4n) is 2.56. The van der Waals surface area contributed by atoms with Crippen LogP contribution in [0.25, 0.3) is 0 Å². The third kappa shape index (κ3) is 2.63. The maximum atomic E-state index is 5.67. The molecule has 0 spiro atoms. The summed E-state index contributed by atoms with van der Waals surface area (Å²) in [4.78, 5) is 2.10. The van der Waals surface area contributed by atoms with Crippen molar-refractivity contribution in [2.24, 2.45) is 0 Å². The molecule has 2 aromatic carbocycles. The Morgan fingerprint density at radius 2 is 1.80 bits per heavy atom. The summed E-state index contributed by atoms with van der Waals surface area (Å²) >= 11 is 0. The highest BCUT2D eigenvalue weighted by Gasteiger charge is 2.19. The summed E-state index contributed by atoms with van der Waals surface area (Å²) in [5.41, 5.74) is 4.95. The molecule has 0 aromatic heterocycles. The number of fused-ring (bicyclic) bond motifs is 1. The van der Waals surface area contributed by atoms with E-state index in [1.807, 2.05) is 14.1 Å². The fraction of sp³-hybridized carbons (Fsp3) is 0.294. The van der Waals surface area contributed by atoms with Crippen molar-refractivity contribution in [3.8, 4) is 0 Å². The lowest BCUT2D eigenvalue weighted by molar-refractivity contribution is 0.0970. The number of hydrogen-bond donors (Lipinski definition) is 1. The Labute approximate surface area is 120 Å². The van der Waals surface area contributed by atoms with E-state index in [9.17, 15) is 0 Å². The normalized spacial score (nSPS) is 17.4. The van der Waals surface area contributed by atoms with E-state index in [1.165, 1.54) is 16.8 Å². The monoisotopic (exact) mass is 268 g/mol. The van der Waals surface area contributed by atoms with Gasteiger partial charge in [0, 0.05) is 25.5 Å². The van der Waals surface area contributed by atoms with E-state index in [0.717, 1.165) is 5.69 Å². The molecule has 3 rings (SSSR count). The molecule has 0 saturated carbocycles. The van der Waals surface area contributed by atoms with Crippen molar-refractivity contribution in [3.05, 3.63) is 59.7 Å². The van der Waals surface area contributed by atoms with Gasteiger partial charge in [0.2, 0.25) is 0 Å². The first kappa shape index (κ1) is 13.0. The van der Waals surface area contributed by atoms with Crippen molar-refractivity contribution in [2.45, 2.75) is 12.6 Å². The molecule has 0 bridgehead atoms. The highest BCUT2D eigenvalue weighted by molar-refractivity contribution is 5.55. The van der Waals surface area contributed by atoms with Gasteiger partial charge in [0.1, 0.15) is 0 Å². The van der Waals surface area contributed by atoms with Crippen LogP contribution in [0.3, 0.4) is 0 Å². The van der Waals surface area contributed by atoms with Gasteiger partial charge in [-0.1, -0.05) is 24.3 Å². The zero-order valence-electron chi connectivity index (χ0n) is 12.0. The maximum absolute atomic E-state index is 5.67. The molecule has 0 aliphatic carbocycles. The fourth-order valence-corrected chi connectivity index (χ4v) is 2.56. The van der Waals surface area contributed by atoms with Crippen LogP contribution >= 0.6 is 0 Å². The van der Waals surface area contributed by atoms with Gasteiger partial charge in [-0.2, -0.15) is 0 Å². The molecule has 1 atom stereocenters. The number of nitrogens with one attached hydrogen (secondary N) is 1. The van der Waals surface area contributed by atoms with Gasteiger partial charge in [-0.25, -0.2) is 0 Å². The van der Waals surface area contributed by atoms with Gasteiger partial charge in [-0.15, -0.1) is 0 Å². The zero-order chi connectivity index (χ0) is 13.9. The third-order valence-corrected chi connectivity index (χ3v) is 3.70. The van der Waals surface area contributed by atoms with Crippen LogP contribution in [0.5, 0.6) is 0 Å². The molecule has 3 nitrogen and oxygen atoms in total. The van der Waals surface area contributed by atoms with E-state index in [-0.39, 0.29) is 6.04 Å². The van der Waals surface area contributed by atoms with Crippen molar-refractivity contribution in [3.63, 3.8) is 0 Å². The van der Waals surface area contributed by atoms with E-state index in [2.05, 4.69) is 58.7 Å². The Morgan fingerprint density at radius 1 is 1.05 bits per heavy atom. The van der Waals surface area contributed by atoms with Gasteiger partial charge in [0.25, 0.3) is 0 Å². The molecule has 1 N–H and O–H groups in total. The quantitative estimate of drug-likeness (QED) is 0.923. The number of benzene rings is 2.